The SMILES string of the molecule is C#CC(CC)NC(=O)NC1(c2ncc(C(=O)O)[nH]2)CCC1. The van der Waals surface area contributed by atoms with Crippen molar-refractivity contribution in [3.8, 4) is 12.3 Å². The van der Waals surface area contributed by atoms with Gasteiger partial charge in [0.2, 0.25) is 0 Å². The van der Waals surface area contributed by atoms with E-state index >= 15 is 0 Å². The number of carboxylic acid groups (broad SMARTS) is 1. The predicted molar refractivity (Wildman–Crippen MR) is 75.7 cm³/mol. The first-order valence-electron chi connectivity index (χ1n) is 6.84. The molecule has 1 heterocycles. The molecule has 1 atom stereocenters. The van der Waals surface area contributed by atoms with Crippen LogP contribution in [0, 0.1) is 12.3 Å². The highest BCUT2D eigenvalue weighted by atomic mass is 16.4. The molecule has 7 heteroatoms. The van der Waals surface area contributed by atoms with E-state index in [4.69, 9.17) is 11.5 Å². The number of carbonyl (C=O) groups is 2. The van der Waals surface area contributed by atoms with Gasteiger partial charge >= 0.3 is 12.0 Å². The minimum Gasteiger partial charge on any atom is -0.477 e. The highest BCUT2D eigenvalue weighted by Crippen LogP contribution is 2.39. The van der Waals surface area contributed by atoms with E-state index in [0.717, 1.165) is 6.42 Å². The predicted octanol–water partition coefficient (Wildman–Crippen LogP) is 1.20. The van der Waals surface area contributed by atoms with E-state index in [1.165, 1.54) is 6.20 Å². The summed E-state index contributed by atoms with van der Waals surface area (Å²) in [6, 6.07) is -0.693. The smallest absolute Gasteiger partial charge is 0.353 e. The van der Waals surface area contributed by atoms with Gasteiger partial charge in [0, 0.05) is 0 Å². The van der Waals surface area contributed by atoms with Gasteiger partial charge in [0.25, 0.3) is 0 Å². The van der Waals surface area contributed by atoms with Crippen molar-refractivity contribution >= 4 is 12.0 Å². The second kappa shape index (κ2) is 5.87. The lowest BCUT2D eigenvalue weighted by atomic mass is 9.76. The van der Waals surface area contributed by atoms with E-state index < -0.39 is 11.5 Å². The van der Waals surface area contributed by atoms with Crippen LogP contribution >= 0.6 is 0 Å². The van der Waals surface area contributed by atoms with Crippen molar-refractivity contribution in [2.24, 2.45) is 0 Å². The van der Waals surface area contributed by atoms with E-state index in [1.807, 2.05) is 6.92 Å². The molecule has 0 bridgehead atoms. The Morgan fingerprint density at radius 2 is 2.33 bits per heavy atom. The molecular weight excluding hydrogens is 272 g/mol. The van der Waals surface area contributed by atoms with Gasteiger partial charge in [-0.2, -0.15) is 0 Å². The van der Waals surface area contributed by atoms with Gasteiger partial charge in [0.1, 0.15) is 11.5 Å². The van der Waals surface area contributed by atoms with Gasteiger partial charge in [-0.1, -0.05) is 12.8 Å². The fourth-order valence-corrected chi connectivity index (χ4v) is 2.30. The Morgan fingerprint density at radius 1 is 1.62 bits per heavy atom. The Labute approximate surface area is 122 Å². The van der Waals surface area contributed by atoms with E-state index in [1.54, 1.807) is 0 Å². The Morgan fingerprint density at radius 3 is 2.76 bits per heavy atom. The molecule has 2 amide bonds. The Kier molecular flexibility index (Phi) is 4.17. The van der Waals surface area contributed by atoms with Crippen molar-refractivity contribution in [2.45, 2.75) is 44.2 Å². The van der Waals surface area contributed by atoms with Crippen LogP contribution in [0.4, 0.5) is 4.79 Å². The number of rotatable bonds is 5. The van der Waals surface area contributed by atoms with Crippen molar-refractivity contribution in [2.75, 3.05) is 0 Å². The number of aromatic carboxylic acids is 1. The Hall–Kier alpha value is -2.49. The third kappa shape index (κ3) is 2.99. The number of aromatic nitrogens is 2. The lowest BCUT2D eigenvalue weighted by Gasteiger charge is -2.40. The van der Waals surface area contributed by atoms with Gasteiger partial charge < -0.3 is 20.7 Å². The summed E-state index contributed by atoms with van der Waals surface area (Å²) in [5, 5.41) is 14.5. The van der Waals surface area contributed by atoms with E-state index in [0.29, 0.717) is 25.1 Å². The quantitative estimate of drug-likeness (QED) is 0.611. The molecule has 21 heavy (non-hydrogen) atoms. The lowest BCUT2D eigenvalue weighted by molar-refractivity contribution is 0.0690. The molecule has 112 valence electrons. The number of terminal acetylenes is 1. The van der Waals surface area contributed by atoms with Gasteiger partial charge in [0.15, 0.2) is 0 Å². The molecule has 7 nitrogen and oxygen atoms in total. The number of amides is 2. The van der Waals surface area contributed by atoms with Crippen molar-refractivity contribution in [3.63, 3.8) is 0 Å². The monoisotopic (exact) mass is 290 g/mol. The van der Waals surface area contributed by atoms with E-state index in [2.05, 4.69) is 26.5 Å². The molecule has 1 saturated carbocycles. The summed E-state index contributed by atoms with van der Waals surface area (Å²) in [6.07, 6.45) is 9.57. The summed E-state index contributed by atoms with van der Waals surface area (Å²) < 4.78 is 0. The highest BCUT2D eigenvalue weighted by molar-refractivity contribution is 5.85. The van der Waals surface area contributed by atoms with Crippen LogP contribution in [0.2, 0.25) is 0 Å². The van der Waals surface area contributed by atoms with Crippen molar-refractivity contribution in [1.82, 2.24) is 20.6 Å². The number of carboxylic acids is 1. The summed E-state index contributed by atoms with van der Waals surface area (Å²) in [7, 11) is 0. The van der Waals surface area contributed by atoms with Gasteiger partial charge in [0.05, 0.1) is 17.8 Å². The molecule has 1 unspecified atom stereocenters. The Bertz CT molecular complexity index is 583. The number of urea groups is 1. The third-order valence-corrected chi connectivity index (χ3v) is 3.73. The molecule has 0 radical (unpaired) electrons. The zero-order valence-corrected chi connectivity index (χ0v) is 11.8. The second-order valence-corrected chi connectivity index (χ2v) is 5.11. The number of hydrogen-bond acceptors (Lipinski definition) is 3. The topological polar surface area (TPSA) is 107 Å². The van der Waals surface area contributed by atoms with Crippen LogP contribution in [0.25, 0.3) is 0 Å². The molecule has 0 saturated heterocycles. The first-order valence-corrected chi connectivity index (χ1v) is 6.84. The molecule has 2 rings (SSSR count). The van der Waals surface area contributed by atoms with E-state index in [9.17, 15) is 9.59 Å². The van der Waals surface area contributed by atoms with E-state index in [-0.39, 0.29) is 17.8 Å². The van der Waals surface area contributed by atoms with Crippen LogP contribution in [0.5, 0.6) is 0 Å². The fourth-order valence-electron chi connectivity index (χ4n) is 2.30. The number of nitrogens with zero attached hydrogens (tertiary/aromatic N) is 1. The Balaban J connectivity index is 2.09. The maximum absolute atomic E-state index is 12.0. The van der Waals surface area contributed by atoms with Gasteiger partial charge in [-0.05, 0) is 25.7 Å². The number of hydrogen-bond donors (Lipinski definition) is 4. The molecule has 0 aliphatic heterocycles. The lowest BCUT2D eigenvalue weighted by Crippen LogP contribution is -2.55. The number of carbonyl (C=O) groups excluding carboxylic acids is 1. The van der Waals surface area contributed by atoms with Crippen molar-refractivity contribution in [3.05, 3.63) is 17.7 Å². The average Bonchev–Trinajstić information content (AvgIpc) is 2.90. The molecule has 4 N–H and O–H groups in total. The zero-order chi connectivity index (χ0) is 15.5. The molecule has 1 aliphatic rings. The maximum Gasteiger partial charge on any atom is 0.353 e. The summed E-state index contributed by atoms with van der Waals surface area (Å²) in [6.45, 7) is 1.88. The van der Waals surface area contributed by atoms with Crippen molar-refractivity contribution in [1.29, 1.82) is 0 Å². The number of aromatic amines is 1. The summed E-state index contributed by atoms with van der Waals surface area (Å²) in [5.74, 6) is 1.88. The summed E-state index contributed by atoms with van der Waals surface area (Å²) in [4.78, 5) is 29.8. The van der Waals surface area contributed by atoms with Crippen LogP contribution in [0.1, 0.15) is 48.9 Å². The fraction of sp³-hybridized carbons (Fsp3) is 0.500. The molecule has 1 aromatic heterocycles. The molecule has 1 aliphatic carbocycles. The van der Waals surface area contributed by atoms with Crippen molar-refractivity contribution < 1.29 is 14.7 Å². The second-order valence-electron chi connectivity index (χ2n) is 5.11. The summed E-state index contributed by atoms with van der Waals surface area (Å²) in [5.41, 5.74) is -0.626. The van der Waals surface area contributed by atoms with Gasteiger partial charge in [-0.3, -0.25) is 0 Å². The maximum atomic E-state index is 12.0. The summed E-state index contributed by atoms with van der Waals surface area (Å²) >= 11 is 0. The number of nitrogens with one attached hydrogen (secondary N) is 3. The normalized spacial score (nSPS) is 17.1. The van der Waals surface area contributed by atoms with Gasteiger partial charge in [-0.25, -0.2) is 14.6 Å². The molecule has 1 fully saturated rings. The first kappa shape index (κ1) is 14.9. The van der Waals surface area contributed by atoms with Crippen LogP contribution in [-0.4, -0.2) is 33.1 Å². The molecule has 0 aromatic carbocycles. The zero-order valence-electron chi connectivity index (χ0n) is 11.8. The first-order chi connectivity index (χ1) is 10.0. The molecule has 0 spiro atoms. The number of H-pyrrole nitrogens is 1. The van der Waals surface area contributed by atoms with Crippen LogP contribution in [0.15, 0.2) is 6.20 Å². The third-order valence-electron chi connectivity index (χ3n) is 3.73. The largest absolute Gasteiger partial charge is 0.477 e. The molecular formula is C14H18N4O3. The molecule has 1 aromatic rings. The van der Waals surface area contributed by atoms with Crippen LogP contribution < -0.4 is 10.6 Å². The standard InChI is InChI=1S/C14H18N4O3/c1-3-9(4-2)16-13(21)18-14(6-5-7-14)12-15-8-10(17-12)11(19)20/h1,8-9H,4-7H2,2H3,(H,15,17)(H,19,20)(H2,16,18,21). The minimum atomic E-state index is -1.08. The van der Waals surface area contributed by atoms with Gasteiger partial charge in [-0.15, -0.1) is 6.42 Å². The highest BCUT2D eigenvalue weighted by Gasteiger charge is 2.43. The average molecular weight is 290 g/mol. The van der Waals surface area contributed by atoms with Crippen LogP contribution in [0.3, 0.4) is 0 Å². The van der Waals surface area contributed by atoms with Crippen LogP contribution in [-0.2, 0) is 5.54 Å². The number of imidazole rings is 1. The minimum absolute atomic E-state index is 0.00791.